The highest BCUT2D eigenvalue weighted by Crippen LogP contribution is 2.30. The summed E-state index contributed by atoms with van der Waals surface area (Å²) < 4.78 is 0. The number of benzene rings is 2. The van der Waals surface area contributed by atoms with Gasteiger partial charge in [-0.15, -0.1) is 11.3 Å². The summed E-state index contributed by atoms with van der Waals surface area (Å²) in [5, 5.41) is 3.76. The first kappa shape index (κ1) is 13.3. The summed E-state index contributed by atoms with van der Waals surface area (Å²) in [5.74, 6) is 0. The molecule has 1 heterocycles. The number of nitrogens with two attached hydrogens (primary N) is 1. The van der Waals surface area contributed by atoms with Crippen molar-refractivity contribution in [3.8, 4) is 21.8 Å². The maximum atomic E-state index is 6.02. The van der Waals surface area contributed by atoms with Crippen LogP contribution in [0.15, 0.2) is 53.9 Å². The van der Waals surface area contributed by atoms with Crippen molar-refractivity contribution in [1.82, 2.24) is 4.98 Å². The number of rotatable bonds is 3. The third-order valence-electron chi connectivity index (χ3n) is 3.03. The van der Waals surface area contributed by atoms with Gasteiger partial charge in [-0.05, 0) is 23.8 Å². The zero-order valence-corrected chi connectivity index (χ0v) is 12.3. The predicted octanol–water partition coefficient (Wildman–Crippen LogP) is 4.59. The molecule has 0 saturated heterocycles. The molecule has 0 spiro atoms. The van der Waals surface area contributed by atoms with Crippen molar-refractivity contribution >= 4 is 22.9 Å². The molecule has 3 aromatic rings. The molecule has 1 aromatic heterocycles. The highest BCUT2D eigenvalue weighted by molar-refractivity contribution is 7.13. The van der Waals surface area contributed by atoms with E-state index in [0.29, 0.717) is 6.54 Å². The van der Waals surface area contributed by atoms with Crippen LogP contribution in [0.4, 0.5) is 0 Å². The van der Waals surface area contributed by atoms with Crippen molar-refractivity contribution in [2.75, 3.05) is 0 Å². The SMILES string of the molecule is NCc1cccc(-c2csc(-c3cccc(Cl)c3)n2)c1. The Morgan fingerprint density at radius 1 is 1.05 bits per heavy atom. The quantitative estimate of drug-likeness (QED) is 0.768. The zero-order chi connectivity index (χ0) is 13.9. The maximum Gasteiger partial charge on any atom is 0.124 e. The lowest BCUT2D eigenvalue weighted by Gasteiger charge is -2.00. The fraction of sp³-hybridized carbons (Fsp3) is 0.0625. The van der Waals surface area contributed by atoms with Crippen LogP contribution in [0.1, 0.15) is 5.56 Å². The van der Waals surface area contributed by atoms with Crippen molar-refractivity contribution < 1.29 is 0 Å². The van der Waals surface area contributed by atoms with E-state index in [-0.39, 0.29) is 0 Å². The Bertz CT molecular complexity index is 737. The van der Waals surface area contributed by atoms with Crippen LogP contribution in [0.25, 0.3) is 21.8 Å². The van der Waals surface area contributed by atoms with E-state index in [2.05, 4.69) is 22.5 Å². The second-order valence-electron chi connectivity index (χ2n) is 4.45. The molecule has 3 rings (SSSR count). The van der Waals surface area contributed by atoms with Crippen LogP contribution in [0.5, 0.6) is 0 Å². The van der Waals surface area contributed by atoms with Gasteiger partial charge in [0.25, 0.3) is 0 Å². The fourth-order valence-corrected chi connectivity index (χ4v) is 3.03. The van der Waals surface area contributed by atoms with Gasteiger partial charge in [0.05, 0.1) is 5.69 Å². The molecule has 0 atom stereocenters. The van der Waals surface area contributed by atoms with Gasteiger partial charge in [0.2, 0.25) is 0 Å². The third kappa shape index (κ3) is 2.75. The van der Waals surface area contributed by atoms with Gasteiger partial charge in [0, 0.05) is 28.1 Å². The van der Waals surface area contributed by atoms with Crippen molar-refractivity contribution in [3.63, 3.8) is 0 Å². The lowest BCUT2D eigenvalue weighted by Crippen LogP contribution is -1.95. The van der Waals surface area contributed by atoms with Gasteiger partial charge in [-0.2, -0.15) is 0 Å². The fourth-order valence-electron chi connectivity index (χ4n) is 2.02. The molecule has 4 heteroatoms. The van der Waals surface area contributed by atoms with E-state index in [1.165, 1.54) is 0 Å². The Morgan fingerprint density at radius 2 is 1.85 bits per heavy atom. The van der Waals surface area contributed by atoms with Gasteiger partial charge in [-0.1, -0.05) is 41.9 Å². The van der Waals surface area contributed by atoms with Gasteiger partial charge in [0.15, 0.2) is 0 Å². The standard InChI is InChI=1S/C16H13ClN2S/c17-14-6-2-5-13(8-14)16-19-15(10-20-16)12-4-1-3-11(7-12)9-18/h1-8,10H,9,18H2. The number of hydrogen-bond donors (Lipinski definition) is 1. The summed E-state index contributed by atoms with van der Waals surface area (Å²) in [5.41, 5.74) is 9.90. The minimum Gasteiger partial charge on any atom is -0.326 e. The van der Waals surface area contributed by atoms with Crippen molar-refractivity contribution in [1.29, 1.82) is 0 Å². The van der Waals surface area contributed by atoms with E-state index in [9.17, 15) is 0 Å². The van der Waals surface area contributed by atoms with Crippen molar-refractivity contribution in [3.05, 3.63) is 64.5 Å². The minimum atomic E-state index is 0.541. The average Bonchev–Trinajstić information content (AvgIpc) is 2.97. The van der Waals surface area contributed by atoms with Gasteiger partial charge in [0.1, 0.15) is 5.01 Å². The normalized spacial score (nSPS) is 10.7. The largest absolute Gasteiger partial charge is 0.326 e. The highest BCUT2D eigenvalue weighted by atomic mass is 35.5. The predicted molar refractivity (Wildman–Crippen MR) is 85.9 cm³/mol. The summed E-state index contributed by atoms with van der Waals surface area (Å²) in [6.07, 6.45) is 0. The molecule has 2 aromatic carbocycles. The Labute approximate surface area is 126 Å². The highest BCUT2D eigenvalue weighted by Gasteiger charge is 2.07. The van der Waals surface area contributed by atoms with Crippen LogP contribution in [0.3, 0.4) is 0 Å². The van der Waals surface area contributed by atoms with Crippen LogP contribution < -0.4 is 5.73 Å². The Hall–Kier alpha value is -1.68. The van der Waals surface area contributed by atoms with E-state index in [1.807, 2.05) is 36.4 Å². The van der Waals surface area contributed by atoms with Gasteiger partial charge < -0.3 is 5.73 Å². The summed E-state index contributed by atoms with van der Waals surface area (Å²) >= 11 is 7.64. The molecule has 2 nitrogen and oxygen atoms in total. The molecule has 0 bridgehead atoms. The van der Waals surface area contributed by atoms with E-state index in [1.54, 1.807) is 11.3 Å². The Kier molecular flexibility index (Phi) is 3.83. The molecule has 0 aliphatic rings. The number of hydrogen-bond acceptors (Lipinski definition) is 3. The zero-order valence-electron chi connectivity index (χ0n) is 10.7. The van der Waals surface area contributed by atoms with Crippen molar-refractivity contribution in [2.45, 2.75) is 6.54 Å². The van der Waals surface area contributed by atoms with Gasteiger partial charge in [-0.25, -0.2) is 4.98 Å². The summed E-state index contributed by atoms with van der Waals surface area (Å²) in [4.78, 5) is 4.69. The van der Waals surface area contributed by atoms with Crippen LogP contribution in [0.2, 0.25) is 5.02 Å². The summed E-state index contributed by atoms with van der Waals surface area (Å²) in [7, 11) is 0. The molecule has 0 unspecified atom stereocenters. The molecule has 0 aliphatic carbocycles. The van der Waals surface area contributed by atoms with Crippen LogP contribution in [0, 0.1) is 0 Å². The molecule has 0 amide bonds. The first-order valence-corrected chi connectivity index (χ1v) is 7.53. The third-order valence-corrected chi connectivity index (χ3v) is 4.16. The molecule has 0 saturated carbocycles. The first-order valence-electron chi connectivity index (χ1n) is 6.27. The van der Waals surface area contributed by atoms with Crippen molar-refractivity contribution in [2.24, 2.45) is 5.73 Å². The average molecular weight is 301 g/mol. The number of nitrogens with zero attached hydrogens (tertiary/aromatic N) is 1. The molecule has 20 heavy (non-hydrogen) atoms. The van der Waals surface area contributed by atoms with Crippen LogP contribution in [-0.2, 0) is 6.54 Å². The topological polar surface area (TPSA) is 38.9 Å². The van der Waals surface area contributed by atoms with Gasteiger partial charge in [-0.3, -0.25) is 0 Å². The Balaban J connectivity index is 1.97. The van der Waals surface area contributed by atoms with E-state index < -0.39 is 0 Å². The molecule has 0 fully saturated rings. The van der Waals surface area contributed by atoms with Gasteiger partial charge >= 0.3 is 0 Å². The second kappa shape index (κ2) is 5.75. The molecule has 0 aliphatic heterocycles. The molecular weight excluding hydrogens is 288 g/mol. The van der Waals surface area contributed by atoms with E-state index in [0.717, 1.165) is 32.4 Å². The monoisotopic (exact) mass is 300 g/mol. The van der Waals surface area contributed by atoms with Crippen LogP contribution in [-0.4, -0.2) is 4.98 Å². The lowest BCUT2D eigenvalue weighted by molar-refractivity contribution is 1.07. The van der Waals surface area contributed by atoms with Crippen LogP contribution >= 0.6 is 22.9 Å². The maximum absolute atomic E-state index is 6.02. The molecule has 2 N–H and O–H groups in total. The molecular formula is C16H13ClN2S. The Morgan fingerprint density at radius 3 is 2.65 bits per heavy atom. The van der Waals surface area contributed by atoms with E-state index in [4.69, 9.17) is 17.3 Å². The molecule has 0 radical (unpaired) electrons. The molecule has 100 valence electrons. The summed E-state index contributed by atoms with van der Waals surface area (Å²) in [6.45, 7) is 0.541. The number of thiazole rings is 1. The lowest BCUT2D eigenvalue weighted by atomic mass is 10.1. The first-order chi connectivity index (χ1) is 9.76. The van der Waals surface area contributed by atoms with E-state index >= 15 is 0 Å². The number of aromatic nitrogens is 1. The summed E-state index contributed by atoms with van der Waals surface area (Å²) in [6, 6.07) is 15.9. The smallest absolute Gasteiger partial charge is 0.124 e. The second-order valence-corrected chi connectivity index (χ2v) is 5.75. The minimum absolute atomic E-state index is 0.541. The number of halogens is 1.